The number of aliphatic hydroxyl groups excluding tert-OH is 1. The molecule has 0 aromatic carbocycles. The zero-order valence-electron chi connectivity index (χ0n) is 12.9. The molecule has 2 heterocycles. The number of ether oxygens (including phenoxy) is 1. The third kappa shape index (κ3) is 2.34. The number of esters is 1. The van der Waals surface area contributed by atoms with Crippen molar-refractivity contribution < 1.29 is 19.2 Å². The monoisotopic (exact) mass is 299 g/mol. The molecule has 5 nitrogen and oxygen atoms in total. The molecule has 2 aliphatic heterocycles. The van der Waals surface area contributed by atoms with Gasteiger partial charge in [-0.3, -0.25) is 0 Å². The van der Waals surface area contributed by atoms with Gasteiger partial charge in [-0.25, -0.2) is 4.79 Å². The standard InChI is InChI=1S/C14H25NO4Si/c1-13(2,3)10-9-15(19-20(4)5)14(7-6-8-16)11(10)18-12(14)17/h6-7,10-11,16,20H,8-9H2,1-5H3/b7-6+. The van der Waals surface area contributed by atoms with Crippen molar-refractivity contribution in [1.29, 1.82) is 0 Å². The summed E-state index contributed by atoms with van der Waals surface area (Å²) in [6, 6.07) is 0. The number of hydroxylamine groups is 2. The molecule has 0 saturated carbocycles. The minimum atomic E-state index is -1.32. The Morgan fingerprint density at radius 1 is 1.55 bits per heavy atom. The predicted molar refractivity (Wildman–Crippen MR) is 78.4 cm³/mol. The topological polar surface area (TPSA) is 59.0 Å². The number of hydrogen-bond donors (Lipinski definition) is 1. The highest BCUT2D eigenvalue weighted by molar-refractivity contribution is 6.48. The lowest BCUT2D eigenvalue weighted by molar-refractivity contribution is -0.222. The number of hydrogen-bond acceptors (Lipinski definition) is 5. The molecule has 3 atom stereocenters. The number of aliphatic hydroxyl groups is 1. The summed E-state index contributed by atoms with van der Waals surface area (Å²) in [6.45, 7) is 11.2. The molecule has 0 aromatic rings. The Labute approximate surface area is 122 Å². The maximum atomic E-state index is 12.1. The fourth-order valence-corrected chi connectivity index (χ4v) is 3.78. The van der Waals surface area contributed by atoms with Gasteiger partial charge >= 0.3 is 5.97 Å². The number of nitrogens with zero attached hydrogens (tertiary/aromatic N) is 1. The van der Waals surface area contributed by atoms with E-state index in [0.717, 1.165) is 0 Å². The van der Waals surface area contributed by atoms with Gasteiger partial charge in [0, 0.05) is 12.5 Å². The van der Waals surface area contributed by atoms with Crippen LogP contribution in [0.25, 0.3) is 0 Å². The van der Waals surface area contributed by atoms with Gasteiger partial charge < -0.3 is 14.4 Å². The van der Waals surface area contributed by atoms with Crippen molar-refractivity contribution >= 4 is 15.0 Å². The van der Waals surface area contributed by atoms with E-state index in [1.807, 2.05) is 5.06 Å². The number of carbonyl (C=O) groups is 1. The van der Waals surface area contributed by atoms with E-state index in [-0.39, 0.29) is 30.0 Å². The molecular formula is C14H25NO4Si. The Balaban J connectivity index is 2.35. The van der Waals surface area contributed by atoms with Gasteiger partial charge in [0.15, 0.2) is 14.6 Å². The quantitative estimate of drug-likeness (QED) is 0.478. The lowest BCUT2D eigenvalue weighted by atomic mass is 9.72. The van der Waals surface area contributed by atoms with Gasteiger partial charge in [-0.2, -0.15) is 5.06 Å². The molecule has 0 radical (unpaired) electrons. The van der Waals surface area contributed by atoms with Crippen molar-refractivity contribution in [2.24, 2.45) is 11.3 Å². The average molecular weight is 299 g/mol. The summed E-state index contributed by atoms with van der Waals surface area (Å²) in [5.41, 5.74) is -0.807. The molecule has 3 unspecified atom stereocenters. The van der Waals surface area contributed by atoms with Crippen molar-refractivity contribution in [3.63, 3.8) is 0 Å². The summed E-state index contributed by atoms with van der Waals surface area (Å²) in [5.74, 6) is -0.0510. The van der Waals surface area contributed by atoms with E-state index in [0.29, 0.717) is 6.54 Å². The SMILES string of the molecule is C[SiH](C)ON1CC(C(C)(C)C)C2OC(=O)C21/C=C/CO. The fraction of sp³-hybridized carbons (Fsp3) is 0.786. The average Bonchev–Trinajstić information content (AvgIpc) is 2.55. The second-order valence-electron chi connectivity index (χ2n) is 6.92. The summed E-state index contributed by atoms with van der Waals surface area (Å²) in [6.07, 6.45) is 3.17. The zero-order chi connectivity index (χ0) is 15.1. The highest BCUT2D eigenvalue weighted by Crippen LogP contribution is 2.51. The minimum absolute atomic E-state index is 0.0281. The fourth-order valence-electron chi connectivity index (χ4n) is 3.01. The second kappa shape index (κ2) is 5.25. The van der Waals surface area contributed by atoms with Crippen LogP contribution in [0, 0.1) is 11.3 Å². The highest BCUT2D eigenvalue weighted by Gasteiger charge is 2.70. The summed E-state index contributed by atoms with van der Waals surface area (Å²) in [7, 11) is -1.32. The molecule has 114 valence electrons. The van der Waals surface area contributed by atoms with Crippen LogP contribution in [0.1, 0.15) is 20.8 Å². The largest absolute Gasteiger partial charge is 0.457 e. The third-order valence-corrected chi connectivity index (χ3v) is 4.74. The Morgan fingerprint density at radius 2 is 2.20 bits per heavy atom. The van der Waals surface area contributed by atoms with Crippen LogP contribution in [0.4, 0.5) is 0 Å². The first kappa shape index (κ1) is 15.7. The molecule has 6 heteroatoms. The third-order valence-electron chi connectivity index (χ3n) is 4.06. The van der Waals surface area contributed by atoms with Gasteiger partial charge in [-0.15, -0.1) is 0 Å². The predicted octanol–water partition coefficient (Wildman–Crippen LogP) is 1.09. The molecule has 1 N–H and O–H groups in total. The van der Waals surface area contributed by atoms with Crippen LogP contribution < -0.4 is 0 Å². The Hall–Kier alpha value is -0.693. The van der Waals surface area contributed by atoms with E-state index in [1.165, 1.54) is 0 Å². The Morgan fingerprint density at radius 3 is 2.65 bits per heavy atom. The van der Waals surface area contributed by atoms with Crippen LogP contribution in [0.3, 0.4) is 0 Å². The maximum Gasteiger partial charge on any atom is 0.337 e. The van der Waals surface area contributed by atoms with Gasteiger partial charge in [0.25, 0.3) is 0 Å². The van der Waals surface area contributed by atoms with Crippen LogP contribution in [0.2, 0.25) is 13.1 Å². The van der Waals surface area contributed by atoms with Crippen molar-refractivity contribution in [2.75, 3.05) is 13.2 Å². The summed E-state index contributed by atoms with van der Waals surface area (Å²) in [5, 5.41) is 10.8. The lowest BCUT2D eigenvalue weighted by Gasteiger charge is -2.46. The van der Waals surface area contributed by atoms with Crippen LogP contribution in [-0.4, -0.2) is 50.0 Å². The lowest BCUT2D eigenvalue weighted by Crippen LogP contribution is -2.67. The zero-order valence-corrected chi connectivity index (χ0v) is 14.1. The summed E-state index contributed by atoms with van der Waals surface area (Å²) < 4.78 is 11.4. The van der Waals surface area contributed by atoms with Crippen LogP contribution in [0.5, 0.6) is 0 Å². The Bertz CT molecular complexity index is 418. The number of rotatable bonds is 4. The highest BCUT2D eigenvalue weighted by atomic mass is 28.3. The molecule has 2 fully saturated rings. The molecule has 2 saturated heterocycles. The smallest absolute Gasteiger partial charge is 0.337 e. The van der Waals surface area contributed by atoms with Crippen molar-refractivity contribution in [3.8, 4) is 0 Å². The van der Waals surface area contributed by atoms with Crippen LogP contribution >= 0.6 is 0 Å². The Kier molecular flexibility index (Phi) is 4.12. The van der Waals surface area contributed by atoms with Crippen molar-refractivity contribution in [3.05, 3.63) is 12.2 Å². The number of fused-ring (bicyclic) bond motifs is 1. The molecule has 0 bridgehead atoms. The molecule has 2 rings (SSSR count). The van der Waals surface area contributed by atoms with E-state index in [2.05, 4.69) is 33.9 Å². The van der Waals surface area contributed by atoms with E-state index in [4.69, 9.17) is 14.4 Å². The number of carbonyl (C=O) groups excluding carboxylic acids is 1. The maximum absolute atomic E-state index is 12.1. The molecule has 0 aliphatic carbocycles. The van der Waals surface area contributed by atoms with Crippen LogP contribution in [-0.2, 0) is 14.1 Å². The minimum Gasteiger partial charge on any atom is -0.457 e. The normalized spacial score (nSPS) is 34.5. The van der Waals surface area contributed by atoms with E-state index in [9.17, 15) is 4.79 Å². The van der Waals surface area contributed by atoms with Gasteiger partial charge in [-0.1, -0.05) is 26.8 Å². The second-order valence-corrected chi connectivity index (χ2v) is 9.23. The first-order valence-electron chi connectivity index (χ1n) is 7.17. The van der Waals surface area contributed by atoms with Gasteiger partial charge in [0.2, 0.25) is 0 Å². The van der Waals surface area contributed by atoms with E-state index >= 15 is 0 Å². The van der Waals surface area contributed by atoms with Crippen LogP contribution in [0.15, 0.2) is 12.2 Å². The summed E-state index contributed by atoms with van der Waals surface area (Å²) in [4.78, 5) is 12.1. The van der Waals surface area contributed by atoms with Gasteiger partial charge in [0.05, 0.1) is 6.61 Å². The van der Waals surface area contributed by atoms with Gasteiger partial charge in [-0.05, 0) is 24.6 Å². The molecule has 2 aliphatic rings. The van der Waals surface area contributed by atoms with E-state index < -0.39 is 14.6 Å². The van der Waals surface area contributed by atoms with Crippen molar-refractivity contribution in [2.45, 2.75) is 45.5 Å². The van der Waals surface area contributed by atoms with Gasteiger partial charge in [0.1, 0.15) is 6.10 Å². The molecule has 0 spiro atoms. The summed E-state index contributed by atoms with van der Waals surface area (Å²) >= 11 is 0. The first-order chi connectivity index (χ1) is 9.23. The molecule has 20 heavy (non-hydrogen) atoms. The first-order valence-corrected chi connectivity index (χ1v) is 9.95. The van der Waals surface area contributed by atoms with E-state index in [1.54, 1.807) is 12.2 Å². The molecule has 0 amide bonds. The molecule has 0 aromatic heterocycles. The van der Waals surface area contributed by atoms with Crippen molar-refractivity contribution in [1.82, 2.24) is 5.06 Å². The molecular weight excluding hydrogens is 274 g/mol.